The fourth-order valence-electron chi connectivity index (χ4n) is 2.42. The molecule has 0 saturated heterocycles. The first kappa shape index (κ1) is 23.5. The molecule has 7 heteroatoms. The van der Waals surface area contributed by atoms with Gasteiger partial charge in [0.15, 0.2) is 0 Å². The van der Waals surface area contributed by atoms with E-state index in [2.05, 4.69) is 10.1 Å². The molecule has 1 rings (SSSR count). The van der Waals surface area contributed by atoms with E-state index in [4.69, 9.17) is 10.5 Å². The molecule has 2 amide bonds. The van der Waals surface area contributed by atoms with E-state index in [-0.39, 0.29) is 27.1 Å². The van der Waals surface area contributed by atoms with Crippen molar-refractivity contribution in [2.45, 2.75) is 58.8 Å². The highest BCUT2D eigenvalue weighted by atomic mass is 16.5. The van der Waals surface area contributed by atoms with Crippen molar-refractivity contribution in [2.24, 2.45) is 11.7 Å². The summed E-state index contributed by atoms with van der Waals surface area (Å²) < 4.78 is 9.93. The van der Waals surface area contributed by atoms with Crippen molar-refractivity contribution in [2.75, 3.05) is 33.0 Å². The van der Waals surface area contributed by atoms with Gasteiger partial charge in [-0.1, -0.05) is 26.2 Å². The first-order valence-corrected chi connectivity index (χ1v) is 9.24. The fourth-order valence-corrected chi connectivity index (χ4v) is 2.42. The summed E-state index contributed by atoms with van der Waals surface area (Å²) in [4.78, 5) is 32.6. The first-order chi connectivity index (χ1) is 12.0. The second-order valence-electron chi connectivity index (χ2n) is 5.98. The summed E-state index contributed by atoms with van der Waals surface area (Å²) in [6, 6.07) is 0. The number of Topliss-reactive ketones (excluding diaryl/α,β-unsaturated/α-hetero) is 1. The van der Waals surface area contributed by atoms with Gasteiger partial charge in [-0.25, -0.2) is 0 Å². The number of nitrogens with one attached hydrogen (secondary N) is 1. The Kier molecular flexibility index (Phi) is 15.1. The Labute approximate surface area is 154 Å². The van der Waals surface area contributed by atoms with E-state index >= 15 is 0 Å². The summed E-state index contributed by atoms with van der Waals surface area (Å²) in [5, 5.41) is 2.91. The van der Waals surface area contributed by atoms with E-state index in [1.54, 1.807) is 0 Å². The summed E-state index contributed by atoms with van der Waals surface area (Å²) in [6.07, 6.45) is 6.71. The molecule has 150 valence electrons. The lowest BCUT2D eigenvalue weighted by Crippen LogP contribution is -2.34. The lowest BCUT2D eigenvalue weighted by molar-refractivity contribution is -0.126. The highest BCUT2D eigenvalue weighted by Gasteiger charge is 2.20. The third-order valence-corrected chi connectivity index (χ3v) is 3.89. The van der Waals surface area contributed by atoms with E-state index in [1.165, 1.54) is 19.3 Å². The van der Waals surface area contributed by atoms with Crippen LogP contribution >= 0.6 is 0 Å². The van der Waals surface area contributed by atoms with Gasteiger partial charge in [0.2, 0.25) is 11.8 Å². The normalized spacial score (nSPS) is 14.3. The predicted octanol–water partition coefficient (Wildman–Crippen LogP) is 2.07. The van der Waals surface area contributed by atoms with Crippen molar-refractivity contribution in [1.29, 1.82) is 0 Å². The van der Waals surface area contributed by atoms with Crippen LogP contribution in [0.1, 0.15) is 61.6 Å². The Bertz CT molecular complexity index is 392. The highest BCUT2D eigenvalue weighted by molar-refractivity contribution is 5.78. The Balaban J connectivity index is -0.000000552. The van der Waals surface area contributed by atoms with E-state index in [0.29, 0.717) is 39.2 Å². The average molecular weight is 363 g/mol. The molecule has 0 heterocycles. The van der Waals surface area contributed by atoms with Gasteiger partial charge in [-0.2, -0.15) is 0 Å². The maximum Gasteiger partial charge on any atom is 0.243 e. The molecule has 0 aromatic carbocycles. The third-order valence-electron chi connectivity index (χ3n) is 3.89. The van der Waals surface area contributed by atoms with Gasteiger partial charge in [-0.3, -0.25) is 14.4 Å². The van der Waals surface area contributed by atoms with Crippen LogP contribution in [0.25, 0.3) is 0 Å². The molecular formula is C18H38N2O5. The lowest BCUT2D eigenvalue weighted by Gasteiger charge is -2.20. The minimum atomic E-state index is -0.415. The Morgan fingerprint density at radius 3 is 2.28 bits per heavy atom. The molecule has 0 radical (unpaired) electrons. The van der Waals surface area contributed by atoms with Crippen LogP contribution < -0.4 is 11.1 Å². The number of ketones is 1. The number of ether oxygens (including phenoxy) is 2. The van der Waals surface area contributed by atoms with Gasteiger partial charge >= 0.3 is 0 Å². The van der Waals surface area contributed by atoms with Gasteiger partial charge in [0, 0.05) is 34.8 Å². The van der Waals surface area contributed by atoms with Crippen LogP contribution in [-0.2, 0) is 23.9 Å². The van der Waals surface area contributed by atoms with Gasteiger partial charge in [0.1, 0.15) is 12.4 Å². The number of rotatable bonds is 11. The smallest absolute Gasteiger partial charge is 0.243 e. The summed E-state index contributed by atoms with van der Waals surface area (Å²) in [5.41, 5.74) is 4.71. The largest absolute Gasteiger partial charge is 0.379 e. The van der Waals surface area contributed by atoms with Crippen LogP contribution in [0.15, 0.2) is 0 Å². The van der Waals surface area contributed by atoms with E-state index in [0.717, 1.165) is 12.8 Å². The van der Waals surface area contributed by atoms with Gasteiger partial charge in [-0.05, 0) is 19.8 Å². The van der Waals surface area contributed by atoms with Crippen LogP contribution in [0, 0.1) is 5.92 Å². The molecular weight excluding hydrogens is 324 g/mol. The Morgan fingerprint density at radius 2 is 1.76 bits per heavy atom. The predicted molar refractivity (Wildman–Crippen MR) is 100 cm³/mol. The van der Waals surface area contributed by atoms with Crippen molar-refractivity contribution >= 4 is 17.6 Å². The molecule has 0 bridgehead atoms. The lowest BCUT2D eigenvalue weighted by atomic mass is 9.89. The average Bonchev–Trinajstić information content (AvgIpc) is 2.63. The topological polar surface area (TPSA) is 108 Å². The van der Waals surface area contributed by atoms with Crippen molar-refractivity contribution in [3.63, 3.8) is 0 Å². The van der Waals surface area contributed by atoms with E-state index in [9.17, 15) is 14.4 Å². The van der Waals surface area contributed by atoms with Gasteiger partial charge in [0.05, 0.1) is 13.2 Å². The minimum absolute atomic E-state index is 0. The number of hydrogen-bond acceptors (Lipinski definition) is 5. The molecule has 1 aliphatic rings. The first-order valence-electron chi connectivity index (χ1n) is 9.24. The molecule has 0 spiro atoms. The van der Waals surface area contributed by atoms with E-state index in [1.807, 2.05) is 13.8 Å². The summed E-state index contributed by atoms with van der Waals surface area (Å²) in [7, 11) is 0. The quantitative estimate of drug-likeness (QED) is 0.547. The van der Waals surface area contributed by atoms with E-state index < -0.39 is 5.91 Å². The highest BCUT2D eigenvalue weighted by Crippen LogP contribution is 2.23. The number of carbonyl (C=O) groups excluding carboxylic acids is 3. The molecule has 0 aliphatic heterocycles. The molecule has 1 aliphatic carbocycles. The standard InChI is InChI=1S/C14H25NO3.C4H9NO2.2H2/c1-2-13(16)8-10-18-11-9-15-14(17)12-6-4-3-5-7-12;1-2-7-3-4(5)6;;/h12H,2-11H2,1H3,(H,15,17);2-3H2,1H3,(H2,5,6);2*1H. The van der Waals surface area contributed by atoms with Crippen molar-refractivity contribution < 1.29 is 26.7 Å². The Morgan fingerprint density at radius 1 is 1.08 bits per heavy atom. The summed E-state index contributed by atoms with van der Waals surface area (Å²) >= 11 is 0. The molecule has 1 saturated carbocycles. The zero-order valence-corrected chi connectivity index (χ0v) is 15.7. The number of carbonyl (C=O) groups is 3. The van der Waals surface area contributed by atoms with Crippen molar-refractivity contribution in [3.05, 3.63) is 0 Å². The minimum Gasteiger partial charge on any atom is -0.379 e. The van der Waals surface area contributed by atoms with Crippen LogP contribution in [0.2, 0.25) is 0 Å². The molecule has 7 nitrogen and oxygen atoms in total. The third kappa shape index (κ3) is 14.6. The zero-order valence-electron chi connectivity index (χ0n) is 15.7. The van der Waals surface area contributed by atoms with Gasteiger partial charge in [-0.15, -0.1) is 0 Å². The molecule has 0 aromatic heterocycles. The maximum absolute atomic E-state index is 11.8. The number of primary amides is 1. The van der Waals surface area contributed by atoms with Crippen LogP contribution in [0.4, 0.5) is 0 Å². The maximum atomic E-state index is 11.8. The monoisotopic (exact) mass is 362 g/mol. The molecule has 0 atom stereocenters. The number of hydrogen-bond donors (Lipinski definition) is 2. The van der Waals surface area contributed by atoms with Crippen LogP contribution in [0.5, 0.6) is 0 Å². The fraction of sp³-hybridized carbons (Fsp3) is 0.833. The molecule has 3 N–H and O–H groups in total. The Hall–Kier alpha value is -1.47. The number of nitrogens with two attached hydrogens (primary N) is 1. The van der Waals surface area contributed by atoms with Crippen LogP contribution in [-0.4, -0.2) is 50.6 Å². The van der Waals surface area contributed by atoms with Crippen LogP contribution in [0.3, 0.4) is 0 Å². The SMILES string of the molecule is CCC(=O)CCOCCNC(=O)C1CCCCC1.CCOCC(N)=O.[HH].[HH]. The molecule has 0 unspecified atom stereocenters. The summed E-state index contributed by atoms with van der Waals surface area (Å²) in [6.45, 7) is 5.76. The summed E-state index contributed by atoms with van der Waals surface area (Å²) in [5.74, 6) is 0.187. The second-order valence-corrected chi connectivity index (χ2v) is 5.98. The molecule has 25 heavy (non-hydrogen) atoms. The van der Waals surface area contributed by atoms with Crippen molar-refractivity contribution in [1.82, 2.24) is 5.32 Å². The second kappa shape index (κ2) is 16.0. The van der Waals surface area contributed by atoms with Gasteiger partial charge in [0.25, 0.3) is 0 Å². The molecule has 0 aromatic rings. The van der Waals surface area contributed by atoms with Gasteiger partial charge < -0.3 is 20.5 Å². The molecule has 1 fully saturated rings. The zero-order chi connectivity index (χ0) is 18.9. The number of amides is 2. The van der Waals surface area contributed by atoms with Crippen molar-refractivity contribution in [3.8, 4) is 0 Å².